The second-order valence-corrected chi connectivity index (χ2v) is 5.32. The third-order valence-electron chi connectivity index (χ3n) is 3.28. The molecule has 2 aromatic carbocycles. The van der Waals surface area contributed by atoms with Crippen molar-refractivity contribution < 1.29 is 0 Å². The van der Waals surface area contributed by atoms with Gasteiger partial charge in [0.25, 0.3) is 0 Å². The first-order valence-electron chi connectivity index (χ1n) is 6.68. The van der Waals surface area contributed by atoms with Gasteiger partial charge in [-0.05, 0) is 43.1 Å². The van der Waals surface area contributed by atoms with Crippen LogP contribution in [0.1, 0.15) is 23.6 Å². The van der Waals surface area contributed by atoms with Crippen LogP contribution in [0.3, 0.4) is 0 Å². The molecule has 2 rings (SSSR count). The lowest BCUT2D eigenvalue weighted by atomic mass is 9.98. The van der Waals surface area contributed by atoms with Gasteiger partial charge in [-0.15, -0.1) is 0 Å². The van der Waals surface area contributed by atoms with E-state index in [1.165, 1.54) is 22.3 Å². The molecule has 1 nitrogen and oxygen atoms in total. The Balaban J connectivity index is 2.35. The fourth-order valence-corrected chi connectivity index (χ4v) is 2.58. The quantitative estimate of drug-likeness (QED) is 0.849. The van der Waals surface area contributed by atoms with Gasteiger partial charge in [0.1, 0.15) is 0 Å². The number of hydrogen-bond acceptors (Lipinski definition) is 1. The van der Waals surface area contributed by atoms with Crippen LogP contribution >= 0.6 is 11.6 Å². The number of halogens is 1. The lowest BCUT2D eigenvalue weighted by Gasteiger charge is -2.11. The SMILES string of the molecule is CCNCc1ccc(-c2ccc(C)cc2C)c(Cl)c1. The molecule has 19 heavy (non-hydrogen) atoms. The molecule has 2 heteroatoms. The Morgan fingerprint density at radius 1 is 1.00 bits per heavy atom. The highest BCUT2D eigenvalue weighted by Gasteiger charge is 2.07. The minimum atomic E-state index is 0.822. The maximum Gasteiger partial charge on any atom is 0.0487 e. The molecule has 1 N–H and O–H groups in total. The van der Waals surface area contributed by atoms with Crippen molar-refractivity contribution >= 4 is 11.6 Å². The Morgan fingerprint density at radius 2 is 1.74 bits per heavy atom. The summed E-state index contributed by atoms with van der Waals surface area (Å²) in [7, 11) is 0. The van der Waals surface area contributed by atoms with E-state index in [1.807, 2.05) is 0 Å². The molecule has 0 aromatic heterocycles. The second kappa shape index (κ2) is 6.23. The van der Waals surface area contributed by atoms with Crippen molar-refractivity contribution in [1.29, 1.82) is 0 Å². The van der Waals surface area contributed by atoms with Crippen molar-refractivity contribution in [3.8, 4) is 11.1 Å². The molecule has 0 aliphatic rings. The number of nitrogens with one attached hydrogen (secondary N) is 1. The monoisotopic (exact) mass is 273 g/mol. The first kappa shape index (κ1) is 14.1. The van der Waals surface area contributed by atoms with Gasteiger partial charge in [0.15, 0.2) is 0 Å². The molecular formula is C17H20ClN. The third-order valence-corrected chi connectivity index (χ3v) is 3.60. The van der Waals surface area contributed by atoms with E-state index >= 15 is 0 Å². The molecule has 100 valence electrons. The highest BCUT2D eigenvalue weighted by Crippen LogP contribution is 2.31. The molecule has 0 atom stereocenters. The first-order valence-corrected chi connectivity index (χ1v) is 7.06. The first-order chi connectivity index (χ1) is 9.11. The van der Waals surface area contributed by atoms with Crippen molar-refractivity contribution in [2.24, 2.45) is 0 Å². The highest BCUT2D eigenvalue weighted by molar-refractivity contribution is 6.33. The van der Waals surface area contributed by atoms with Crippen LogP contribution in [-0.4, -0.2) is 6.54 Å². The number of rotatable bonds is 4. The van der Waals surface area contributed by atoms with Crippen LogP contribution in [-0.2, 0) is 6.54 Å². The van der Waals surface area contributed by atoms with Crippen molar-refractivity contribution in [3.63, 3.8) is 0 Å². The predicted molar refractivity (Wildman–Crippen MR) is 83.7 cm³/mol. The molecule has 0 amide bonds. The summed E-state index contributed by atoms with van der Waals surface area (Å²) in [6.45, 7) is 8.18. The van der Waals surface area contributed by atoms with Crippen molar-refractivity contribution in [2.75, 3.05) is 6.54 Å². The zero-order valence-electron chi connectivity index (χ0n) is 11.8. The smallest absolute Gasteiger partial charge is 0.0487 e. The zero-order valence-corrected chi connectivity index (χ0v) is 12.5. The van der Waals surface area contributed by atoms with Gasteiger partial charge >= 0.3 is 0 Å². The van der Waals surface area contributed by atoms with Crippen molar-refractivity contribution in [3.05, 3.63) is 58.1 Å². The maximum atomic E-state index is 6.43. The minimum absolute atomic E-state index is 0.822. The second-order valence-electron chi connectivity index (χ2n) is 4.91. The fraction of sp³-hybridized carbons (Fsp3) is 0.294. The molecule has 0 bridgehead atoms. The molecule has 0 radical (unpaired) electrons. The Bertz CT molecular complexity index is 575. The van der Waals surface area contributed by atoms with E-state index in [2.05, 4.69) is 62.5 Å². The largest absolute Gasteiger partial charge is 0.313 e. The van der Waals surface area contributed by atoms with Gasteiger partial charge < -0.3 is 5.32 Å². The van der Waals surface area contributed by atoms with E-state index in [4.69, 9.17) is 11.6 Å². The van der Waals surface area contributed by atoms with E-state index in [1.54, 1.807) is 0 Å². The van der Waals surface area contributed by atoms with Crippen LogP contribution in [0.2, 0.25) is 5.02 Å². The van der Waals surface area contributed by atoms with Gasteiger partial charge in [-0.3, -0.25) is 0 Å². The summed E-state index contributed by atoms with van der Waals surface area (Å²) in [6.07, 6.45) is 0. The number of aryl methyl sites for hydroxylation is 2. The van der Waals surface area contributed by atoms with Gasteiger partial charge in [0, 0.05) is 17.1 Å². The molecule has 0 spiro atoms. The predicted octanol–water partition coefficient (Wildman–Crippen LogP) is 4.73. The van der Waals surface area contributed by atoms with Crippen molar-refractivity contribution in [1.82, 2.24) is 5.32 Å². The molecule has 0 heterocycles. The summed E-state index contributed by atoms with van der Waals surface area (Å²) >= 11 is 6.43. The van der Waals surface area contributed by atoms with Crippen LogP contribution in [0.25, 0.3) is 11.1 Å². The van der Waals surface area contributed by atoms with Crippen LogP contribution in [0.5, 0.6) is 0 Å². The van der Waals surface area contributed by atoms with E-state index in [0.29, 0.717) is 0 Å². The Morgan fingerprint density at radius 3 is 2.37 bits per heavy atom. The summed E-state index contributed by atoms with van der Waals surface area (Å²) < 4.78 is 0. The highest BCUT2D eigenvalue weighted by atomic mass is 35.5. The average Bonchev–Trinajstić information content (AvgIpc) is 2.37. The lowest BCUT2D eigenvalue weighted by molar-refractivity contribution is 0.727. The molecule has 0 fully saturated rings. The molecule has 2 aromatic rings. The van der Waals surface area contributed by atoms with Gasteiger partial charge in [-0.1, -0.05) is 54.4 Å². The van der Waals surface area contributed by atoms with Gasteiger partial charge in [-0.25, -0.2) is 0 Å². The summed E-state index contributed by atoms with van der Waals surface area (Å²) in [6, 6.07) is 12.8. The summed E-state index contributed by atoms with van der Waals surface area (Å²) in [5.74, 6) is 0. The topological polar surface area (TPSA) is 12.0 Å². The molecule has 0 aliphatic carbocycles. The molecule has 0 unspecified atom stereocenters. The number of hydrogen-bond donors (Lipinski definition) is 1. The Hall–Kier alpha value is -1.31. The van der Waals surface area contributed by atoms with Gasteiger partial charge in [-0.2, -0.15) is 0 Å². The van der Waals surface area contributed by atoms with Gasteiger partial charge in [0.2, 0.25) is 0 Å². The summed E-state index contributed by atoms with van der Waals surface area (Å²) in [5, 5.41) is 4.13. The minimum Gasteiger partial charge on any atom is -0.313 e. The van der Waals surface area contributed by atoms with Crippen LogP contribution < -0.4 is 5.32 Å². The van der Waals surface area contributed by atoms with Gasteiger partial charge in [0.05, 0.1) is 0 Å². The van der Waals surface area contributed by atoms with Crippen LogP contribution in [0, 0.1) is 13.8 Å². The van der Waals surface area contributed by atoms with Crippen LogP contribution in [0.4, 0.5) is 0 Å². The Kier molecular flexibility index (Phi) is 4.62. The summed E-state index contributed by atoms with van der Waals surface area (Å²) in [4.78, 5) is 0. The molecular weight excluding hydrogens is 254 g/mol. The van der Waals surface area contributed by atoms with Crippen molar-refractivity contribution in [2.45, 2.75) is 27.3 Å². The molecule has 0 saturated carbocycles. The van der Waals surface area contributed by atoms with Crippen LogP contribution in [0.15, 0.2) is 36.4 Å². The molecule has 0 aliphatic heterocycles. The fourth-order valence-electron chi connectivity index (χ4n) is 2.27. The van der Waals surface area contributed by atoms with E-state index in [-0.39, 0.29) is 0 Å². The van der Waals surface area contributed by atoms with E-state index < -0.39 is 0 Å². The Labute approximate surface area is 120 Å². The standard InChI is InChI=1S/C17H20ClN/c1-4-19-11-14-6-8-16(17(18)10-14)15-7-5-12(2)9-13(15)3/h5-10,19H,4,11H2,1-3H3. The normalized spacial score (nSPS) is 10.7. The molecule has 0 saturated heterocycles. The summed E-state index contributed by atoms with van der Waals surface area (Å²) in [5.41, 5.74) is 6.09. The van der Waals surface area contributed by atoms with E-state index in [0.717, 1.165) is 23.7 Å². The number of benzene rings is 2. The lowest BCUT2D eigenvalue weighted by Crippen LogP contribution is -2.11. The van der Waals surface area contributed by atoms with E-state index in [9.17, 15) is 0 Å². The maximum absolute atomic E-state index is 6.43. The zero-order chi connectivity index (χ0) is 13.8. The average molecular weight is 274 g/mol. The third kappa shape index (κ3) is 3.37.